The predicted molar refractivity (Wildman–Crippen MR) is 69.7 cm³/mol. The third-order valence-corrected chi connectivity index (χ3v) is 3.28. The maximum Gasteiger partial charge on any atom is 0.254 e. The molecular weight excluding hydrogens is 287 g/mol. The second-order valence-electron chi connectivity index (χ2n) is 4.09. The van der Waals surface area contributed by atoms with Crippen LogP contribution in [0.4, 0.5) is 4.39 Å². The van der Waals surface area contributed by atoms with Gasteiger partial charge in [-0.15, -0.1) is 0 Å². The highest BCUT2D eigenvalue weighted by Gasteiger charge is 2.16. The first-order valence-electron chi connectivity index (χ1n) is 5.31. The van der Waals surface area contributed by atoms with Gasteiger partial charge in [0.1, 0.15) is 5.82 Å². The first-order valence-corrected chi connectivity index (χ1v) is 6.10. The Bertz CT molecular complexity index is 421. The molecule has 0 aliphatic heterocycles. The van der Waals surface area contributed by atoms with Gasteiger partial charge in [-0.3, -0.25) is 4.79 Å². The van der Waals surface area contributed by atoms with E-state index in [1.807, 2.05) is 19.0 Å². The summed E-state index contributed by atoms with van der Waals surface area (Å²) >= 11 is 3.29. The van der Waals surface area contributed by atoms with Crippen molar-refractivity contribution in [3.05, 3.63) is 33.5 Å². The molecule has 3 nitrogen and oxygen atoms in total. The Kier molecular flexibility index (Phi) is 5.08. The van der Waals surface area contributed by atoms with Gasteiger partial charge in [-0.1, -0.05) is 15.9 Å². The summed E-state index contributed by atoms with van der Waals surface area (Å²) in [6.45, 7) is 2.94. The van der Waals surface area contributed by atoms with Crippen molar-refractivity contribution in [3.63, 3.8) is 0 Å². The highest BCUT2D eigenvalue weighted by Crippen LogP contribution is 2.22. The standard InChI is InChI=1S/C12H16BrFN2O/c1-8-9(13)4-5-10(14)11(8)12(17)15-6-7-16(2)3/h4-5H,6-7H2,1-3H3,(H,15,17). The van der Waals surface area contributed by atoms with Crippen LogP contribution in [-0.4, -0.2) is 38.0 Å². The average Bonchev–Trinajstić information content (AvgIpc) is 2.23. The van der Waals surface area contributed by atoms with Gasteiger partial charge < -0.3 is 10.2 Å². The first kappa shape index (κ1) is 14.1. The van der Waals surface area contributed by atoms with Crippen molar-refractivity contribution in [2.24, 2.45) is 0 Å². The van der Waals surface area contributed by atoms with Crippen molar-refractivity contribution >= 4 is 21.8 Å². The molecule has 0 radical (unpaired) electrons. The molecule has 1 aromatic carbocycles. The molecule has 0 atom stereocenters. The molecule has 0 unspecified atom stereocenters. The Morgan fingerprint density at radius 2 is 2.12 bits per heavy atom. The third-order valence-electron chi connectivity index (χ3n) is 2.42. The lowest BCUT2D eigenvalue weighted by molar-refractivity contribution is 0.0946. The van der Waals surface area contributed by atoms with Crippen LogP contribution < -0.4 is 5.32 Å². The van der Waals surface area contributed by atoms with E-state index in [1.54, 1.807) is 13.0 Å². The number of benzene rings is 1. The summed E-state index contributed by atoms with van der Waals surface area (Å²) in [5.41, 5.74) is 0.727. The zero-order chi connectivity index (χ0) is 13.0. The minimum Gasteiger partial charge on any atom is -0.351 e. The fourth-order valence-electron chi connectivity index (χ4n) is 1.41. The predicted octanol–water partition coefficient (Wildman–Crippen LogP) is 2.19. The maximum atomic E-state index is 13.6. The van der Waals surface area contributed by atoms with Crippen LogP contribution in [-0.2, 0) is 0 Å². The Labute approximate surface area is 109 Å². The molecule has 1 rings (SSSR count). The zero-order valence-electron chi connectivity index (χ0n) is 10.2. The second kappa shape index (κ2) is 6.12. The minimum absolute atomic E-state index is 0.109. The molecule has 94 valence electrons. The number of rotatable bonds is 4. The topological polar surface area (TPSA) is 32.3 Å². The van der Waals surface area contributed by atoms with E-state index in [4.69, 9.17) is 0 Å². The van der Waals surface area contributed by atoms with Gasteiger partial charge in [0.05, 0.1) is 5.56 Å². The molecule has 0 spiro atoms. The van der Waals surface area contributed by atoms with Crippen LogP contribution >= 0.6 is 15.9 Å². The second-order valence-corrected chi connectivity index (χ2v) is 4.94. The number of halogens is 2. The van der Waals surface area contributed by atoms with E-state index in [1.165, 1.54) is 6.07 Å². The number of amides is 1. The van der Waals surface area contributed by atoms with E-state index >= 15 is 0 Å². The SMILES string of the molecule is Cc1c(Br)ccc(F)c1C(=O)NCCN(C)C. The van der Waals surface area contributed by atoms with Gasteiger partial charge in [0.25, 0.3) is 5.91 Å². The Balaban J connectivity index is 2.79. The van der Waals surface area contributed by atoms with Crippen LogP contribution in [0.5, 0.6) is 0 Å². The number of nitrogens with zero attached hydrogens (tertiary/aromatic N) is 1. The van der Waals surface area contributed by atoms with E-state index in [0.29, 0.717) is 12.1 Å². The number of carbonyl (C=O) groups is 1. The lowest BCUT2D eigenvalue weighted by Gasteiger charge is -2.12. The van der Waals surface area contributed by atoms with E-state index < -0.39 is 5.82 Å². The van der Waals surface area contributed by atoms with Crippen LogP contribution in [0, 0.1) is 12.7 Å². The number of nitrogens with one attached hydrogen (secondary N) is 1. The Hall–Kier alpha value is -0.940. The molecule has 5 heteroatoms. The molecule has 0 fully saturated rings. The van der Waals surface area contributed by atoms with E-state index in [-0.39, 0.29) is 11.5 Å². The largest absolute Gasteiger partial charge is 0.351 e. The lowest BCUT2D eigenvalue weighted by atomic mass is 10.1. The number of hydrogen-bond acceptors (Lipinski definition) is 2. The van der Waals surface area contributed by atoms with Crippen molar-refractivity contribution in [1.29, 1.82) is 0 Å². The van der Waals surface area contributed by atoms with Gasteiger partial charge >= 0.3 is 0 Å². The summed E-state index contributed by atoms with van der Waals surface area (Å²) in [6.07, 6.45) is 0. The molecule has 0 saturated heterocycles. The van der Waals surface area contributed by atoms with Gasteiger partial charge in [-0.05, 0) is 38.7 Å². The molecule has 1 N–H and O–H groups in total. The molecule has 0 aromatic heterocycles. The van der Waals surface area contributed by atoms with Crippen LogP contribution in [0.1, 0.15) is 15.9 Å². The number of likely N-dealkylation sites (N-methyl/N-ethyl adjacent to an activating group) is 1. The van der Waals surface area contributed by atoms with Crippen LogP contribution in [0.3, 0.4) is 0 Å². The van der Waals surface area contributed by atoms with Gasteiger partial charge in [0.15, 0.2) is 0 Å². The summed E-state index contributed by atoms with van der Waals surface area (Å²) in [5, 5.41) is 2.70. The smallest absolute Gasteiger partial charge is 0.254 e. The minimum atomic E-state index is -0.493. The van der Waals surface area contributed by atoms with Gasteiger partial charge in [-0.25, -0.2) is 4.39 Å². The molecule has 0 heterocycles. The molecule has 0 saturated carbocycles. The van der Waals surface area contributed by atoms with E-state index in [0.717, 1.165) is 11.0 Å². The van der Waals surface area contributed by atoms with Crippen molar-refractivity contribution in [2.75, 3.05) is 27.2 Å². The summed E-state index contributed by atoms with van der Waals surface area (Å²) in [6, 6.07) is 2.89. The lowest BCUT2D eigenvalue weighted by Crippen LogP contribution is -2.32. The highest BCUT2D eigenvalue weighted by atomic mass is 79.9. The molecule has 17 heavy (non-hydrogen) atoms. The fourth-order valence-corrected chi connectivity index (χ4v) is 1.74. The molecule has 0 bridgehead atoms. The van der Waals surface area contributed by atoms with Crippen LogP contribution in [0.2, 0.25) is 0 Å². The fraction of sp³-hybridized carbons (Fsp3) is 0.417. The summed E-state index contributed by atoms with van der Waals surface area (Å²) in [5.74, 6) is -0.865. The Morgan fingerprint density at radius 3 is 2.71 bits per heavy atom. The maximum absolute atomic E-state index is 13.6. The average molecular weight is 303 g/mol. The monoisotopic (exact) mass is 302 g/mol. The van der Waals surface area contributed by atoms with Gasteiger partial charge in [-0.2, -0.15) is 0 Å². The molecular formula is C12H16BrFN2O. The van der Waals surface area contributed by atoms with E-state index in [2.05, 4.69) is 21.2 Å². The molecule has 0 aliphatic carbocycles. The van der Waals surface area contributed by atoms with Gasteiger partial charge in [0, 0.05) is 17.6 Å². The normalized spacial score (nSPS) is 10.7. The van der Waals surface area contributed by atoms with Crippen LogP contribution in [0.15, 0.2) is 16.6 Å². The highest BCUT2D eigenvalue weighted by molar-refractivity contribution is 9.10. The first-order chi connectivity index (χ1) is 7.93. The quantitative estimate of drug-likeness (QED) is 0.925. The third kappa shape index (κ3) is 3.78. The van der Waals surface area contributed by atoms with Crippen molar-refractivity contribution in [1.82, 2.24) is 10.2 Å². The summed E-state index contributed by atoms with van der Waals surface area (Å²) in [7, 11) is 3.83. The molecule has 1 amide bonds. The van der Waals surface area contributed by atoms with Gasteiger partial charge in [0.2, 0.25) is 0 Å². The van der Waals surface area contributed by atoms with Crippen molar-refractivity contribution in [3.8, 4) is 0 Å². The number of carbonyl (C=O) groups excluding carboxylic acids is 1. The van der Waals surface area contributed by atoms with E-state index in [9.17, 15) is 9.18 Å². The van der Waals surface area contributed by atoms with Crippen LogP contribution in [0.25, 0.3) is 0 Å². The van der Waals surface area contributed by atoms with Crippen molar-refractivity contribution < 1.29 is 9.18 Å². The Morgan fingerprint density at radius 1 is 1.47 bits per heavy atom. The zero-order valence-corrected chi connectivity index (χ0v) is 11.8. The molecule has 0 aliphatic rings. The number of hydrogen-bond donors (Lipinski definition) is 1. The van der Waals surface area contributed by atoms with Crippen molar-refractivity contribution in [2.45, 2.75) is 6.92 Å². The molecule has 1 aromatic rings. The summed E-state index contributed by atoms with van der Waals surface area (Å²) in [4.78, 5) is 13.8. The summed E-state index contributed by atoms with van der Waals surface area (Å²) < 4.78 is 14.3.